The standard InChI is InChI=1S/C14H15N3O3S/c18-13(10-20-11-5-2-1-3-6-11)16-17-14(21)15-9-12-7-4-8-19-12/h1-8H,9-10H2,(H,16,18)(H2,15,17,21). The van der Waals surface area contributed by atoms with Gasteiger partial charge < -0.3 is 14.5 Å². The maximum atomic E-state index is 11.5. The van der Waals surface area contributed by atoms with Crippen LogP contribution in [0.2, 0.25) is 0 Å². The third-order valence-electron chi connectivity index (χ3n) is 2.43. The highest BCUT2D eigenvalue weighted by Gasteiger charge is 2.03. The zero-order valence-electron chi connectivity index (χ0n) is 11.2. The van der Waals surface area contributed by atoms with E-state index in [0.29, 0.717) is 17.4 Å². The molecule has 0 saturated carbocycles. The number of thiocarbonyl (C=S) groups is 1. The summed E-state index contributed by atoms with van der Waals surface area (Å²) in [6, 6.07) is 12.7. The highest BCUT2D eigenvalue weighted by molar-refractivity contribution is 7.80. The number of furan rings is 1. The molecule has 1 heterocycles. The first kappa shape index (κ1) is 14.9. The smallest absolute Gasteiger partial charge is 0.276 e. The highest BCUT2D eigenvalue weighted by atomic mass is 32.1. The Labute approximate surface area is 127 Å². The van der Waals surface area contributed by atoms with Crippen LogP contribution in [0.3, 0.4) is 0 Å². The second kappa shape index (κ2) is 7.91. The fourth-order valence-corrected chi connectivity index (χ4v) is 1.58. The summed E-state index contributed by atoms with van der Waals surface area (Å²) in [6.07, 6.45) is 1.58. The second-order valence-corrected chi connectivity index (χ2v) is 4.45. The largest absolute Gasteiger partial charge is 0.484 e. The molecule has 0 atom stereocenters. The third kappa shape index (κ3) is 5.53. The molecule has 7 heteroatoms. The maximum absolute atomic E-state index is 11.5. The molecule has 0 radical (unpaired) electrons. The van der Waals surface area contributed by atoms with E-state index < -0.39 is 0 Å². The number of benzene rings is 1. The van der Waals surface area contributed by atoms with E-state index in [9.17, 15) is 4.79 Å². The van der Waals surface area contributed by atoms with E-state index in [4.69, 9.17) is 21.4 Å². The van der Waals surface area contributed by atoms with Gasteiger partial charge in [-0.2, -0.15) is 0 Å². The SMILES string of the molecule is O=C(COc1ccccc1)NNC(=S)NCc1ccco1. The van der Waals surface area contributed by atoms with Crippen LogP contribution in [-0.2, 0) is 11.3 Å². The summed E-state index contributed by atoms with van der Waals surface area (Å²) in [6.45, 7) is 0.340. The lowest BCUT2D eigenvalue weighted by Crippen LogP contribution is -2.48. The number of para-hydroxylation sites is 1. The van der Waals surface area contributed by atoms with Gasteiger partial charge in [0, 0.05) is 0 Å². The van der Waals surface area contributed by atoms with E-state index in [2.05, 4.69) is 16.2 Å². The van der Waals surface area contributed by atoms with Crippen molar-refractivity contribution in [3.8, 4) is 5.75 Å². The summed E-state index contributed by atoms with van der Waals surface area (Å²) in [5.41, 5.74) is 5.01. The van der Waals surface area contributed by atoms with Crippen LogP contribution in [0.1, 0.15) is 5.76 Å². The average Bonchev–Trinajstić information content (AvgIpc) is 3.03. The number of rotatable bonds is 5. The second-order valence-electron chi connectivity index (χ2n) is 4.04. The molecule has 0 unspecified atom stereocenters. The van der Waals surface area contributed by atoms with Crippen LogP contribution in [0.25, 0.3) is 0 Å². The molecule has 3 N–H and O–H groups in total. The number of ether oxygens (including phenoxy) is 1. The topological polar surface area (TPSA) is 75.5 Å². The van der Waals surface area contributed by atoms with Gasteiger partial charge in [0.25, 0.3) is 5.91 Å². The van der Waals surface area contributed by atoms with Gasteiger partial charge in [0.1, 0.15) is 11.5 Å². The van der Waals surface area contributed by atoms with Crippen LogP contribution in [0.4, 0.5) is 0 Å². The Morgan fingerprint density at radius 1 is 1.14 bits per heavy atom. The number of carbonyl (C=O) groups excluding carboxylic acids is 1. The molecule has 1 amide bonds. The fourth-order valence-electron chi connectivity index (χ4n) is 1.45. The Balaban J connectivity index is 1.61. The van der Waals surface area contributed by atoms with E-state index >= 15 is 0 Å². The first-order valence-corrected chi connectivity index (χ1v) is 6.68. The van der Waals surface area contributed by atoms with Crippen molar-refractivity contribution in [2.75, 3.05) is 6.61 Å². The molecule has 0 aliphatic heterocycles. The molecule has 2 aromatic rings. The van der Waals surface area contributed by atoms with Gasteiger partial charge in [0.2, 0.25) is 0 Å². The maximum Gasteiger partial charge on any atom is 0.276 e. The first-order chi connectivity index (χ1) is 10.2. The van der Waals surface area contributed by atoms with Crippen LogP contribution >= 0.6 is 12.2 Å². The molecule has 6 nitrogen and oxygen atoms in total. The van der Waals surface area contributed by atoms with Crippen molar-refractivity contribution < 1.29 is 13.9 Å². The van der Waals surface area contributed by atoms with Crippen LogP contribution in [0.5, 0.6) is 5.75 Å². The van der Waals surface area contributed by atoms with Crippen molar-refractivity contribution in [1.82, 2.24) is 16.2 Å². The molecule has 0 spiro atoms. The van der Waals surface area contributed by atoms with E-state index in [0.717, 1.165) is 5.76 Å². The van der Waals surface area contributed by atoms with Crippen molar-refractivity contribution in [2.45, 2.75) is 6.54 Å². The number of hydrazine groups is 1. The monoisotopic (exact) mass is 305 g/mol. The molecular formula is C14H15N3O3S. The summed E-state index contributed by atoms with van der Waals surface area (Å²) >= 11 is 5.00. The van der Waals surface area contributed by atoms with Crippen molar-refractivity contribution in [3.63, 3.8) is 0 Å². The molecule has 0 bridgehead atoms. The third-order valence-corrected chi connectivity index (χ3v) is 2.68. The highest BCUT2D eigenvalue weighted by Crippen LogP contribution is 2.07. The molecular weight excluding hydrogens is 290 g/mol. The Hall–Kier alpha value is -2.54. The van der Waals surface area contributed by atoms with Crippen LogP contribution in [0.15, 0.2) is 53.1 Å². The van der Waals surface area contributed by atoms with Crippen LogP contribution < -0.4 is 20.9 Å². The normalized spacial score (nSPS) is 9.71. The van der Waals surface area contributed by atoms with E-state index in [1.807, 2.05) is 24.3 Å². The molecule has 2 rings (SSSR count). The molecule has 0 aliphatic carbocycles. The molecule has 0 saturated heterocycles. The lowest BCUT2D eigenvalue weighted by Gasteiger charge is -2.11. The van der Waals surface area contributed by atoms with Gasteiger partial charge in [-0.25, -0.2) is 0 Å². The van der Waals surface area contributed by atoms with Crippen molar-refractivity contribution in [2.24, 2.45) is 0 Å². The molecule has 0 fully saturated rings. The lowest BCUT2D eigenvalue weighted by molar-refractivity contribution is -0.123. The van der Waals surface area contributed by atoms with Crippen molar-refractivity contribution in [1.29, 1.82) is 0 Å². The molecule has 21 heavy (non-hydrogen) atoms. The van der Waals surface area contributed by atoms with Gasteiger partial charge in [-0.05, 0) is 36.5 Å². The van der Waals surface area contributed by atoms with Gasteiger partial charge >= 0.3 is 0 Å². The Bertz CT molecular complexity index is 572. The predicted octanol–water partition coefficient (Wildman–Crippen LogP) is 1.35. The minimum Gasteiger partial charge on any atom is -0.484 e. The number of nitrogens with one attached hydrogen (secondary N) is 3. The van der Waals surface area contributed by atoms with Gasteiger partial charge in [0.05, 0.1) is 12.8 Å². The number of carbonyl (C=O) groups is 1. The van der Waals surface area contributed by atoms with Gasteiger partial charge in [0.15, 0.2) is 11.7 Å². The molecule has 0 aliphatic rings. The zero-order chi connectivity index (χ0) is 14.9. The number of hydrogen-bond donors (Lipinski definition) is 3. The molecule has 110 valence electrons. The van der Waals surface area contributed by atoms with Crippen molar-refractivity contribution in [3.05, 3.63) is 54.5 Å². The minimum atomic E-state index is -0.332. The summed E-state index contributed by atoms with van der Waals surface area (Å²) < 4.78 is 10.4. The fraction of sp³-hybridized carbons (Fsp3) is 0.143. The van der Waals surface area contributed by atoms with E-state index in [1.165, 1.54) is 0 Å². The average molecular weight is 305 g/mol. The first-order valence-electron chi connectivity index (χ1n) is 6.27. The van der Waals surface area contributed by atoms with Crippen LogP contribution in [0, 0.1) is 0 Å². The van der Waals surface area contributed by atoms with Crippen LogP contribution in [-0.4, -0.2) is 17.6 Å². The van der Waals surface area contributed by atoms with E-state index in [1.54, 1.807) is 24.5 Å². The van der Waals surface area contributed by atoms with Gasteiger partial charge in [-0.15, -0.1) is 0 Å². The summed E-state index contributed by atoms with van der Waals surface area (Å²) in [5, 5.41) is 3.18. The molecule has 1 aromatic carbocycles. The molecule has 1 aromatic heterocycles. The quantitative estimate of drug-likeness (QED) is 0.572. The summed E-state index contributed by atoms with van der Waals surface area (Å²) in [7, 11) is 0. The van der Waals surface area contributed by atoms with Crippen molar-refractivity contribution >= 4 is 23.2 Å². The Morgan fingerprint density at radius 2 is 1.95 bits per heavy atom. The summed E-state index contributed by atoms with van der Waals surface area (Å²) in [5.74, 6) is 1.05. The minimum absolute atomic E-state index is 0.0994. The summed E-state index contributed by atoms with van der Waals surface area (Å²) in [4.78, 5) is 11.5. The Morgan fingerprint density at radius 3 is 2.67 bits per heavy atom. The lowest BCUT2D eigenvalue weighted by atomic mass is 10.3. The van der Waals surface area contributed by atoms with Gasteiger partial charge in [-0.3, -0.25) is 15.6 Å². The number of hydrogen-bond acceptors (Lipinski definition) is 4. The Kier molecular flexibility index (Phi) is 5.60. The number of amides is 1. The predicted molar refractivity (Wildman–Crippen MR) is 81.4 cm³/mol. The van der Waals surface area contributed by atoms with E-state index in [-0.39, 0.29) is 12.5 Å². The zero-order valence-corrected chi connectivity index (χ0v) is 12.0. The van der Waals surface area contributed by atoms with Gasteiger partial charge in [-0.1, -0.05) is 18.2 Å².